The SMILES string of the molecule is CC1CCC(C(O)c2ccccc2N)CC1C. The van der Waals surface area contributed by atoms with Crippen LogP contribution in [0.25, 0.3) is 0 Å². The van der Waals surface area contributed by atoms with Crippen molar-refractivity contribution >= 4 is 5.69 Å². The first-order valence-electron chi connectivity index (χ1n) is 6.62. The number of para-hydroxylation sites is 1. The molecule has 0 aromatic heterocycles. The smallest absolute Gasteiger partial charge is 0.0838 e. The highest BCUT2D eigenvalue weighted by molar-refractivity contribution is 5.47. The molecule has 0 heterocycles. The van der Waals surface area contributed by atoms with Gasteiger partial charge in [-0.05, 0) is 36.7 Å². The summed E-state index contributed by atoms with van der Waals surface area (Å²) in [4.78, 5) is 0. The highest BCUT2D eigenvalue weighted by Gasteiger charge is 2.30. The molecule has 2 nitrogen and oxygen atoms in total. The van der Waals surface area contributed by atoms with Gasteiger partial charge in [-0.3, -0.25) is 0 Å². The van der Waals surface area contributed by atoms with Crippen molar-refractivity contribution in [2.24, 2.45) is 17.8 Å². The summed E-state index contributed by atoms with van der Waals surface area (Å²) in [5.41, 5.74) is 7.55. The van der Waals surface area contributed by atoms with Crippen LogP contribution in [0.3, 0.4) is 0 Å². The van der Waals surface area contributed by atoms with Gasteiger partial charge in [-0.25, -0.2) is 0 Å². The molecule has 0 aliphatic heterocycles. The lowest BCUT2D eigenvalue weighted by Crippen LogP contribution is -2.25. The van der Waals surface area contributed by atoms with Gasteiger partial charge in [0.25, 0.3) is 0 Å². The zero-order valence-electron chi connectivity index (χ0n) is 10.8. The van der Waals surface area contributed by atoms with Gasteiger partial charge in [-0.2, -0.15) is 0 Å². The van der Waals surface area contributed by atoms with Gasteiger partial charge in [0.1, 0.15) is 0 Å². The number of hydrogen-bond acceptors (Lipinski definition) is 2. The van der Waals surface area contributed by atoms with Crippen LogP contribution in [0.4, 0.5) is 5.69 Å². The van der Waals surface area contributed by atoms with Crippen LogP contribution in [0, 0.1) is 17.8 Å². The molecule has 3 N–H and O–H groups in total. The quantitative estimate of drug-likeness (QED) is 0.769. The molecular weight excluding hydrogens is 210 g/mol. The summed E-state index contributed by atoms with van der Waals surface area (Å²) in [7, 11) is 0. The lowest BCUT2D eigenvalue weighted by Gasteiger charge is -2.35. The molecule has 2 heteroatoms. The van der Waals surface area contributed by atoms with Crippen molar-refractivity contribution in [2.45, 2.75) is 39.2 Å². The van der Waals surface area contributed by atoms with Gasteiger partial charge in [-0.15, -0.1) is 0 Å². The Hall–Kier alpha value is -1.02. The van der Waals surface area contributed by atoms with Gasteiger partial charge in [0.05, 0.1) is 6.10 Å². The fourth-order valence-electron chi connectivity index (χ4n) is 2.91. The van der Waals surface area contributed by atoms with Crippen LogP contribution in [-0.4, -0.2) is 5.11 Å². The normalized spacial score (nSPS) is 31.1. The van der Waals surface area contributed by atoms with Crippen LogP contribution in [0.2, 0.25) is 0 Å². The lowest BCUT2D eigenvalue weighted by molar-refractivity contribution is 0.0566. The average molecular weight is 233 g/mol. The van der Waals surface area contributed by atoms with E-state index in [0.29, 0.717) is 17.5 Å². The molecule has 1 saturated carbocycles. The minimum absolute atomic E-state index is 0.367. The van der Waals surface area contributed by atoms with Crippen molar-refractivity contribution in [3.63, 3.8) is 0 Å². The Balaban J connectivity index is 2.10. The van der Waals surface area contributed by atoms with Crippen LogP contribution in [0.1, 0.15) is 44.8 Å². The Morgan fingerprint density at radius 2 is 1.88 bits per heavy atom. The first-order chi connectivity index (χ1) is 8.09. The zero-order chi connectivity index (χ0) is 12.4. The topological polar surface area (TPSA) is 46.2 Å². The molecule has 1 aromatic rings. The van der Waals surface area contributed by atoms with Crippen LogP contribution < -0.4 is 5.73 Å². The Kier molecular flexibility index (Phi) is 3.72. The summed E-state index contributed by atoms with van der Waals surface area (Å²) >= 11 is 0. The maximum atomic E-state index is 10.5. The van der Waals surface area contributed by atoms with Gasteiger partial charge >= 0.3 is 0 Å². The van der Waals surface area contributed by atoms with Crippen LogP contribution in [-0.2, 0) is 0 Å². The Morgan fingerprint density at radius 3 is 2.53 bits per heavy atom. The summed E-state index contributed by atoms with van der Waals surface area (Å²) in [6.07, 6.45) is 3.04. The summed E-state index contributed by atoms with van der Waals surface area (Å²) in [6.45, 7) is 4.60. The van der Waals surface area contributed by atoms with E-state index in [1.54, 1.807) is 0 Å². The maximum absolute atomic E-state index is 10.5. The molecule has 0 radical (unpaired) electrons. The van der Waals surface area contributed by atoms with Gasteiger partial charge < -0.3 is 10.8 Å². The van der Waals surface area contributed by atoms with Gasteiger partial charge in [0, 0.05) is 11.3 Å². The standard InChI is InChI=1S/C15H23NO/c1-10-7-8-12(9-11(10)2)15(17)13-5-3-4-6-14(13)16/h3-6,10-12,15,17H,7-9,16H2,1-2H3. The molecule has 1 aromatic carbocycles. The third kappa shape index (κ3) is 2.63. The monoisotopic (exact) mass is 233 g/mol. The van der Waals surface area contributed by atoms with E-state index < -0.39 is 6.10 Å². The van der Waals surface area contributed by atoms with E-state index in [9.17, 15) is 5.11 Å². The molecule has 1 aliphatic rings. The van der Waals surface area contributed by atoms with Crippen molar-refractivity contribution in [3.05, 3.63) is 29.8 Å². The fourth-order valence-corrected chi connectivity index (χ4v) is 2.91. The Bertz CT molecular complexity index is 377. The number of hydrogen-bond donors (Lipinski definition) is 2. The third-order valence-corrected chi connectivity index (χ3v) is 4.40. The summed E-state index contributed by atoms with van der Waals surface area (Å²) < 4.78 is 0. The molecule has 0 bridgehead atoms. The highest BCUT2D eigenvalue weighted by Crippen LogP contribution is 2.40. The van der Waals surface area contributed by atoms with Crippen molar-refractivity contribution < 1.29 is 5.11 Å². The number of nitrogens with two attached hydrogens (primary N) is 1. The van der Waals surface area contributed by atoms with Crippen molar-refractivity contribution in [2.75, 3.05) is 5.73 Å². The largest absolute Gasteiger partial charge is 0.398 e. The number of benzene rings is 1. The number of nitrogen functional groups attached to an aromatic ring is 1. The fraction of sp³-hybridized carbons (Fsp3) is 0.600. The molecule has 1 aliphatic carbocycles. The molecule has 94 valence electrons. The lowest BCUT2D eigenvalue weighted by atomic mass is 9.73. The second kappa shape index (κ2) is 5.09. The van der Waals surface area contributed by atoms with E-state index in [1.807, 2.05) is 24.3 Å². The van der Waals surface area contributed by atoms with Crippen molar-refractivity contribution in [1.82, 2.24) is 0 Å². The van der Waals surface area contributed by atoms with Crippen molar-refractivity contribution in [1.29, 1.82) is 0 Å². The van der Waals surface area contributed by atoms with E-state index in [4.69, 9.17) is 5.73 Å². The zero-order valence-corrected chi connectivity index (χ0v) is 10.8. The first-order valence-corrected chi connectivity index (χ1v) is 6.62. The third-order valence-electron chi connectivity index (χ3n) is 4.40. The number of rotatable bonds is 2. The summed E-state index contributed by atoms with van der Waals surface area (Å²) in [5, 5.41) is 10.5. The number of aliphatic hydroxyl groups is 1. The van der Waals surface area contributed by atoms with Crippen molar-refractivity contribution in [3.8, 4) is 0 Å². The highest BCUT2D eigenvalue weighted by atomic mass is 16.3. The second-order valence-electron chi connectivity index (χ2n) is 5.60. The molecule has 17 heavy (non-hydrogen) atoms. The molecule has 4 atom stereocenters. The minimum atomic E-state index is -0.397. The molecule has 2 rings (SSSR count). The van der Waals surface area contributed by atoms with E-state index in [1.165, 1.54) is 6.42 Å². The van der Waals surface area contributed by atoms with Gasteiger partial charge in [0.2, 0.25) is 0 Å². The van der Waals surface area contributed by atoms with Crippen LogP contribution in [0.5, 0.6) is 0 Å². The van der Waals surface area contributed by atoms with E-state index >= 15 is 0 Å². The minimum Gasteiger partial charge on any atom is -0.398 e. The van der Waals surface area contributed by atoms with E-state index in [2.05, 4.69) is 13.8 Å². The van der Waals surface area contributed by atoms with Gasteiger partial charge in [-0.1, -0.05) is 38.5 Å². The number of aliphatic hydroxyl groups excluding tert-OH is 1. The van der Waals surface area contributed by atoms with E-state index in [-0.39, 0.29) is 0 Å². The predicted molar refractivity (Wildman–Crippen MR) is 71.5 cm³/mol. The van der Waals surface area contributed by atoms with Crippen LogP contribution >= 0.6 is 0 Å². The average Bonchev–Trinajstić information content (AvgIpc) is 2.32. The Morgan fingerprint density at radius 1 is 1.18 bits per heavy atom. The molecule has 0 saturated heterocycles. The molecular formula is C15H23NO. The first kappa shape index (κ1) is 12.4. The van der Waals surface area contributed by atoms with Crippen LogP contribution in [0.15, 0.2) is 24.3 Å². The van der Waals surface area contributed by atoms with Gasteiger partial charge in [0.15, 0.2) is 0 Å². The summed E-state index contributed by atoms with van der Waals surface area (Å²) in [6, 6.07) is 7.68. The maximum Gasteiger partial charge on any atom is 0.0838 e. The summed E-state index contributed by atoms with van der Waals surface area (Å²) in [5.74, 6) is 1.85. The van der Waals surface area contributed by atoms with E-state index in [0.717, 1.165) is 24.3 Å². The molecule has 0 amide bonds. The molecule has 4 unspecified atom stereocenters. The predicted octanol–water partition coefficient (Wildman–Crippen LogP) is 3.37. The Labute approximate surface area is 104 Å². The number of anilines is 1. The molecule has 0 spiro atoms. The second-order valence-corrected chi connectivity index (χ2v) is 5.60. The molecule has 1 fully saturated rings.